The van der Waals surface area contributed by atoms with E-state index in [4.69, 9.17) is 11.5 Å². The Bertz CT molecular complexity index is 70.4. The molecule has 0 spiro atoms. The summed E-state index contributed by atoms with van der Waals surface area (Å²) < 4.78 is 0. The zero-order valence-electron chi connectivity index (χ0n) is 5.04. The largest absolute Gasteiger partial charge is 0.388 e. The molecule has 0 saturated heterocycles. The molecule has 8 heavy (non-hydrogen) atoms. The number of hydrogen-bond acceptors (Lipinski definition) is 3. The number of rotatable bonds is 3. The van der Waals surface area contributed by atoms with E-state index in [1.54, 1.807) is 5.01 Å². The molecular formula is C4H12N4. The molecule has 48 valence electrons. The van der Waals surface area contributed by atoms with Gasteiger partial charge in [0.05, 0.1) is 0 Å². The van der Waals surface area contributed by atoms with Gasteiger partial charge in [-0.15, -0.1) is 0 Å². The van der Waals surface area contributed by atoms with Gasteiger partial charge in [0.25, 0.3) is 0 Å². The lowest BCUT2D eigenvalue weighted by molar-refractivity contribution is 0.366. The van der Waals surface area contributed by atoms with E-state index in [1.165, 1.54) is 6.34 Å². The van der Waals surface area contributed by atoms with Gasteiger partial charge in [0.1, 0.15) is 6.34 Å². The van der Waals surface area contributed by atoms with Crippen molar-refractivity contribution in [3.05, 3.63) is 0 Å². The zero-order chi connectivity index (χ0) is 6.41. The summed E-state index contributed by atoms with van der Waals surface area (Å²) in [5.74, 6) is 0. The number of likely N-dealkylation sites (N-methyl/N-ethyl adjacent to an activating group) is 1. The second-order valence-electron chi connectivity index (χ2n) is 1.43. The topological polar surface area (TPSA) is 67.6 Å². The average molecular weight is 116 g/mol. The van der Waals surface area contributed by atoms with Crippen LogP contribution in [0.15, 0.2) is 5.10 Å². The van der Waals surface area contributed by atoms with Gasteiger partial charge in [-0.25, -0.2) is 0 Å². The SMILES string of the molecule is CN(CCN)/N=C\N. The molecule has 0 aromatic rings. The van der Waals surface area contributed by atoms with Gasteiger partial charge in [-0.2, -0.15) is 5.10 Å². The minimum atomic E-state index is 0.605. The average Bonchev–Trinajstić information content (AvgIpc) is 1.68. The third kappa shape index (κ3) is 3.42. The van der Waals surface area contributed by atoms with Crippen LogP contribution in [0.5, 0.6) is 0 Å². The van der Waals surface area contributed by atoms with Gasteiger partial charge in [0.2, 0.25) is 0 Å². The van der Waals surface area contributed by atoms with Crippen LogP contribution in [0.1, 0.15) is 0 Å². The normalized spacial score (nSPS) is 10.2. The van der Waals surface area contributed by atoms with Gasteiger partial charge in [-0.1, -0.05) is 0 Å². The van der Waals surface area contributed by atoms with Crippen LogP contribution in [-0.4, -0.2) is 31.5 Å². The Labute approximate surface area is 49.1 Å². The predicted molar refractivity (Wildman–Crippen MR) is 34.4 cm³/mol. The van der Waals surface area contributed by atoms with Crippen LogP contribution in [-0.2, 0) is 0 Å². The van der Waals surface area contributed by atoms with Crippen molar-refractivity contribution in [1.82, 2.24) is 5.01 Å². The fourth-order valence-electron chi connectivity index (χ4n) is 0.358. The van der Waals surface area contributed by atoms with Gasteiger partial charge in [0.15, 0.2) is 0 Å². The quantitative estimate of drug-likeness (QED) is 0.276. The van der Waals surface area contributed by atoms with E-state index in [1.807, 2.05) is 7.05 Å². The van der Waals surface area contributed by atoms with Crippen molar-refractivity contribution in [2.45, 2.75) is 0 Å². The second-order valence-corrected chi connectivity index (χ2v) is 1.43. The highest BCUT2D eigenvalue weighted by molar-refractivity contribution is 5.50. The Morgan fingerprint density at radius 2 is 2.38 bits per heavy atom. The predicted octanol–water partition coefficient (Wildman–Crippen LogP) is -1.22. The minimum Gasteiger partial charge on any atom is -0.388 e. The summed E-state index contributed by atoms with van der Waals surface area (Å²) in [4.78, 5) is 0. The highest BCUT2D eigenvalue weighted by Crippen LogP contribution is 1.75. The first-order chi connectivity index (χ1) is 3.81. The molecule has 0 radical (unpaired) electrons. The Kier molecular flexibility index (Phi) is 3.97. The van der Waals surface area contributed by atoms with E-state index >= 15 is 0 Å². The highest BCUT2D eigenvalue weighted by atomic mass is 15.4. The van der Waals surface area contributed by atoms with Crippen molar-refractivity contribution in [1.29, 1.82) is 0 Å². The van der Waals surface area contributed by atoms with E-state index in [0.29, 0.717) is 6.54 Å². The maximum Gasteiger partial charge on any atom is 0.106 e. The summed E-state index contributed by atoms with van der Waals surface area (Å²) in [7, 11) is 1.82. The first kappa shape index (κ1) is 7.23. The molecule has 0 aromatic carbocycles. The van der Waals surface area contributed by atoms with Gasteiger partial charge in [0, 0.05) is 20.1 Å². The molecule has 0 aliphatic heterocycles. The van der Waals surface area contributed by atoms with Gasteiger partial charge < -0.3 is 11.5 Å². The molecular weight excluding hydrogens is 104 g/mol. The molecule has 0 fully saturated rings. The monoisotopic (exact) mass is 116 g/mol. The van der Waals surface area contributed by atoms with Gasteiger partial charge in [-0.3, -0.25) is 5.01 Å². The lowest BCUT2D eigenvalue weighted by Gasteiger charge is -2.08. The van der Waals surface area contributed by atoms with Crippen LogP contribution >= 0.6 is 0 Å². The van der Waals surface area contributed by atoms with Crippen molar-refractivity contribution in [3.63, 3.8) is 0 Å². The minimum absolute atomic E-state index is 0.605. The molecule has 0 aliphatic carbocycles. The molecule has 0 aliphatic rings. The fourth-order valence-corrected chi connectivity index (χ4v) is 0.358. The summed E-state index contributed by atoms with van der Waals surface area (Å²) in [5, 5.41) is 5.40. The van der Waals surface area contributed by atoms with Gasteiger partial charge in [-0.05, 0) is 0 Å². The van der Waals surface area contributed by atoms with Crippen molar-refractivity contribution < 1.29 is 0 Å². The molecule has 0 saturated carbocycles. The van der Waals surface area contributed by atoms with Crippen LogP contribution < -0.4 is 11.5 Å². The molecule has 4 heteroatoms. The van der Waals surface area contributed by atoms with E-state index in [2.05, 4.69) is 5.10 Å². The van der Waals surface area contributed by atoms with Crippen LogP contribution in [0.3, 0.4) is 0 Å². The third-order valence-corrected chi connectivity index (χ3v) is 0.716. The third-order valence-electron chi connectivity index (χ3n) is 0.716. The molecule has 4 nitrogen and oxygen atoms in total. The van der Waals surface area contributed by atoms with Crippen molar-refractivity contribution in [2.75, 3.05) is 20.1 Å². The molecule has 0 unspecified atom stereocenters. The fraction of sp³-hybridized carbons (Fsp3) is 0.750. The summed E-state index contributed by atoms with van der Waals surface area (Å²) in [6.07, 6.45) is 1.25. The summed E-state index contributed by atoms with van der Waals surface area (Å²) in [5.41, 5.74) is 10.2. The van der Waals surface area contributed by atoms with E-state index < -0.39 is 0 Å². The summed E-state index contributed by atoms with van der Waals surface area (Å²) in [6, 6.07) is 0. The highest BCUT2D eigenvalue weighted by Gasteiger charge is 1.84. The van der Waals surface area contributed by atoms with Crippen LogP contribution in [0, 0.1) is 0 Å². The Morgan fingerprint density at radius 1 is 1.75 bits per heavy atom. The van der Waals surface area contributed by atoms with Crippen LogP contribution in [0.4, 0.5) is 0 Å². The summed E-state index contributed by atoms with van der Waals surface area (Å²) >= 11 is 0. The van der Waals surface area contributed by atoms with Crippen molar-refractivity contribution in [2.24, 2.45) is 16.6 Å². The number of hydrogen-bond donors (Lipinski definition) is 2. The Morgan fingerprint density at radius 3 is 2.75 bits per heavy atom. The van der Waals surface area contributed by atoms with Crippen LogP contribution in [0.25, 0.3) is 0 Å². The smallest absolute Gasteiger partial charge is 0.106 e. The van der Waals surface area contributed by atoms with Crippen molar-refractivity contribution in [3.8, 4) is 0 Å². The summed E-state index contributed by atoms with van der Waals surface area (Å²) in [6.45, 7) is 1.35. The van der Waals surface area contributed by atoms with Crippen LogP contribution in [0.2, 0.25) is 0 Å². The number of nitrogens with two attached hydrogens (primary N) is 2. The second kappa shape index (κ2) is 4.39. The van der Waals surface area contributed by atoms with E-state index in [9.17, 15) is 0 Å². The Hall–Kier alpha value is -0.770. The number of nitrogens with zero attached hydrogens (tertiary/aromatic N) is 2. The number of hydrazone groups is 1. The van der Waals surface area contributed by atoms with Crippen molar-refractivity contribution >= 4 is 6.34 Å². The first-order valence-corrected chi connectivity index (χ1v) is 2.46. The van der Waals surface area contributed by atoms with E-state index in [-0.39, 0.29) is 0 Å². The molecule has 4 N–H and O–H groups in total. The van der Waals surface area contributed by atoms with Gasteiger partial charge >= 0.3 is 0 Å². The molecule has 0 amide bonds. The maximum atomic E-state index is 5.20. The molecule has 0 rings (SSSR count). The molecule has 0 heterocycles. The molecule has 0 aromatic heterocycles. The van der Waals surface area contributed by atoms with E-state index in [0.717, 1.165) is 6.54 Å². The molecule has 0 bridgehead atoms. The first-order valence-electron chi connectivity index (χ1n) is 2.46. The zero-order valence-corrected chi connectivity index (χ0v) is 5.04. The standard InChI is InChI=1S/C4H12N4/c1-8(3-2-5)7-4-6/h4H,2-3,5H2,1H3,(H2,6,7). The Balaban J connectivity index is 3.17. The maximum absolute atomic E-state index is 5.20. The molecule has 0 atom stereocenters. The lowest BCUT2D eigenvalue weighted by Crippen LogP contribution is -2.21. The lowest BCUT2D eigenvalue weighted by atomic mass is 10.6.